The average molecular weight is 564 g/mol. The van der Waals surface area contributed by atoms with Crippen LogP contribution in [0.3, 0.4) is 0 Å². The van der Waals surface area contributed by atoms with Crippen LogP contribution in [-0.4, -0.2) is 108 Å². The van der Waals surface area contributed by atoms with E-state index in [1.54, 1.807) is 25.1 Å². The molecule has 1 aliphatic heterocycles. The molecule has 4 atom stereocenters. The van der Waals surface area contributed by atoms with Crippen LogP contribution in [0.25, 0.3) is 0 Å². The van der Waals surface area contributed by atoms with Gasteiger partial charge in [-0.1, -0.05) is 12.8 Å². The van der Waals surface area contributed by atoms with Gasteiger partial charge in [-0.3, -0.25) is 0 Å². The summed E-state index contributed by atoms with van der Waals surface area (Å²) in [5, 5.41) is 46.0. The first-order valence-electron chi connectivity index (χ1n) is 14.4. The zero-order valence-corrected chi connectivity index (χ0v) is 24.4. The zero-order chi connectivity index (χ0) is 30.0. The van der Waals surface area contributed by atoms with Crippen molar-refractivity contribution in [3.8, 4) is 5.75 Å². The second-order valence-electron chi connectivity index (χ2n) is 12.5. The summed E-state index contributed by atoms with van der Waals surface area (Å²) < 4.78 is 0. The van der Waals surface area contributed by atoms with Crippen molar-refractivity contribution in [1.82, 2.24) is 9.80 Å². The number of primary amides is 1. The third-order valence-electron chi connectivity index (χ3n) is 9.50. The van der Waals surface area contributed by atoms with Crippen LogP contribution >= 0.6 is 0 Å². The fourth-order valence-electron chi connectivity index (χ4n) is 7.75. The number of benzene rings is 1. The van der Waals surface area contributed by atoms with Crippen molar-refractivity contribution >= 4 is 30.3 Å². The Morgan fingerprint density at radius 3 is 2.32 bits per heavy atom. The number of hydrogen-bond acceptors (Lipinski definition) is 9. The van der Waals surface area contributed by atoms with Crippen LogP contribution in [0.2, 0.25) is 0 Å². The monoisotopic (exact) mass is 564 g/mol. The molecule has 5 rings (SSSR count). The van der Waals surface area contributed by atoms with E-state index < -0.39 is 40.9 Å². The second-order valence-corrected chi connectivity index (χ2v) is 12.5. The molecule has 0 radical (unpaired) electrons. The summed E-state index contributed by atoms with van der Waals surface area (Å²) in [7, 11) is 11.1. The summed E-state index contributed by atoms with van der Waals surface area (Å²) in [6.07, 6.45) is 5.25. The molecule has 0 unspecified atom stereocenters. The Hall–Kier alpha value is -3.15. The quantitative estimate of drug-likeness (QED) is 0.331. The summed E-state index contributed by atoms with van der Waals surface area (Å²) >= 11 is 0. The molecule has 1 aromatic carbocycles. The molecule has 41 heavy (non-hydrogen) atoms. The number of aromatic hydroxyl groups is 1. The summed E-state index contributed by atoms with van der Waals surface area (Å²) in [6, 6.07) is 0.798. The number of anilines is 1. The molecule has 6 N–H and O–H groups in total. The van der Waals surface area contributed by atoms with Crippen LogP contribution < -0.4 is 10.6 Å². The topological polar surface area (TPSA) is 151 Å². The minimum absolute atomic E-state index is 0.000362. The van der Waals surface area contributed by atoms with Crippen molar-refractivity contribution in [2.24, 2.45) is 17.6 Å². The molecule has 1 saturated heterocycles. The van der Waals surface area contributed by atoms with Gasteiger partial charge in [0.25, 0.3) is 0 Å². The zero-order valence-electron chi connectivity index (χ0n) is 24.4. The van der Waals surface area contributed by atoms with E-state index in [2.05, 4.69) is 12.4 Å². The molecule has 220 valence electrons. The van der Waals surface area contributed by atoms with Crippen LogP contribution in [0.5, 0.6) is 5.75 Å². The molecule has 0 aromatic heterocycles. The Labute approximate surface area is 241 Å². The van der Waals surface area contributed by atoms with Crippen LogP contribution in [0.4, 0.5) is 5.69 Å². The summed E-state index contributed by atoms with van der Waals surface area (Å²) in [5.41, 5.74) is 5.42. The number of likely N-dealkylation sites (tertiary alicyclic amines) is 1. The average Bonchev–Trinajstić information content (AvgIpc) is 3.14. The van der Waals surface area contributed by atoms with Gasteiger partial charge in [-0.25, -0.2) is 0 Å². The van der Waals surface area contributed by atoms with Gasteiger partial charge in [-0.05, 0) is 12.8 Å². The van der Waals surface area contributed by atoms with E-state index in [0.717, 1.165) is 37.2 Å². The molecule has 0 saturated carbocycles. The van der Waals surface area contributed by atoms with Gasteiger partial charge in [0, 0.05) is 0 Å². The Morgan fingerprint density at radius 1 is 1.12 bits per heavy atom. The predicted molar refractivity (Wildman–Crippen MR) is 159 cm³/mol. The van der Waals surface area contributed by atoms with Crippen molar-refractivity contribution in [2.75, 3.05) is 46.2 Å². The summed E-state index contributed by atoms with van der Waals surface area (Å²) in [4.78, 5) is 32.5. The van der Waals surface area contributed by atoms with Gasteiger partial charge in [0.2, 0.25) is 0 Å². The number of carbonyl (C=O) groups is 2. The molecule has 4 aliphatic rings. The van der Waals surface area contributed by atoms with Crippen LogP contribution in [-0.2, 0) is 17.8 Å². The number of hydrogen-bond donors (Lipinski definition) is 5. The van der Waals surface area contributed by atoms with Crippen molar-refractivity contribution < 1.29 is 30.0 Å². The summed E-state index contributed by atoms with van der Waals surface area (Å²) in [5.74, 6) is -3.92. The molecule has 11 heteroatoms. The number of rotatable bonds is 5. The van der Waals surface area contributed by atoms with E-state index in [4.69, 9.17) is 5.73 Å². The number of phenolic OH excluding ortho intramolecular Hbond substituents is 1. The number of allylic oxidation sites excluding steroid dienone is 1. The van der Waals surface area contributed by atoms with Gasteiger partial charge in [-0.2, -0.15) is 0 Å². The molecule has 0 spiro atoms. The van der Waals surface area contributed by atoms with Gasteiger partial charge in [0.1, 0.15) is 0 Å². The first-order chi connectivity index (χ1) is 19.3. The number of phenols is 1. The van der Waals surface area contributed by atoms with Crippen LogP contribution in [0.1, 0.15) is 53.6 Å². The molecule has 1 aromatic rings. The molecule has 1 amide bonds. The number of aliphatic hydroxyl groups is 3. The van der Waals surface area contributed by atoms with Crippen LogP contribution in [0, 0.1) is 11.8 Å². The number of carbonyl (C=O) groups excluding carboxylic acids is 2. The SMILES string of the molecule is B=C1C(C(N)=O)=C(O)[C@@H](N(C)C)[C@@H]2C[C@@H]3Cc4c(c(O)cc(CN5CCCCCC5)c4N(C)C)C(=O)C3=C(O)[C@]12O. The third kappa shape index (κ3) is 4.49. The molecule has 0 bridgehead atoms. The van der Waals surface area contributed by atoms with Crippen molar-refractivity contribution in [1.29, 1.82) is 0 Å². The molecule has 10 nitrogen and oxygen atoms in total. The van der Waals surface area contributed by atoms with Crippen molar-refractivity contribution in [3.63, 3.8) is 0 Å². The van der Waals surface area contributed by atoms with E-state index in [-0.39, 0.29) is 40.1 Å². The fraction of sp³-hybridized carbons (Fsp3) is 0.567. The molecule has 1 fully saturated rings. The normalized spacial score (nSPS) is 28.8. The third-order valence-corrected chi connectivity index (χ3v) is 9.50. The Balaban J connectivity index is 1.65. The molecular formula is C30H41BN4O6. The van der Waals surface area contributed by atoms with E-state index in [1.165, 1.54) is 12.8 Å². The van der Waals surface area contributed by atoms with Gasteiger partial charge >= 0.3 is 216 Å². The minimum atomic E-state index is -2.20. The van der Waals surface area contributed by atoms with E-state index in [9.17, 15) is 30.0 Å². The number of amides is 1. The van der Waals surface area contributed by atoms with Crippen LogP contribution in [0.15, 0.2) is 28.7 Å². The summed E-state index contributed by atoms with van der Waals surface area (Å²) in [6.45, 7) is 2.61. The molecular weight excluding hydrogens is 523 g/mol. The van der Waals surface area contributed by atoms with E-state index in [1.807, 2.05) is 19.0 Å². The van der Waals surface area contributed by atoms with Gasteiger partial charge < -0.3 is 0 Å². The van der Waals surface area contributed by atoms with Crippen molar-refractivity contribution in [3.05, 3.63) is 45.4 Å². The first-order valence-corrected chi connectivity index (χ1v) is 14.4. The Morgan fingerprint density at radius 2 is 1.76 bits per heavy atom. The van der Waals surface area contributed by atoms with Crippen molar-refractivity contribution in [2.45, 2.75) is 56.7 Å². The number of ketones is 1. The number of nitrogens with two attached hydrogens (primary N) is 1. The number of likely N-dealkylation sites (N-methyl/N-ethyl adjacent to an activating group) is 1. The van der Waals surface area contributed by atoms with Gasteiger partial charge in [-0.15, -0.1) is 0 Å². The Kier molecular flexibility index (Phi) is 7.59. The number of Topliss-reactive ketones (excluding diaryl/α,β-unsaturated/α-hetero) is 1. The fourth-order valence-corrected chi connectivity index (χ4v) is 7.75. The standard InChI is InChI=1S/C30H41BN4O6/c1-33(2)23-16(14-35-9-7-5-6-8-10-35)13-19(36)21-17(23)11-15-12-18-24(34(3)4)26(38)22(29(32)40)27(31)30(18,41)28(39)20(15)25(21)37/h13,15,18,24,31,36,38-39,41H,5-12,14H2,1-4H3,(H2,32,40)/t15-,18-,24-,30+/m0/s1. The number of fused-ring (bicyclic) bond motifs is 3. The second kappa shape index (κ2) is 10.6. The Bertz CT molecular complexity index is 1380. The molecule has 3 aliphatic carbocycles. The first kappa shape index (κ1) is 29.4. The predicted octanol–water partition coefficient (Wildman–Crippen LogP) is 1.07. The maximum atomic E-state index is 14.1. The van der Waals surface area contributed by atoms with Gasteiger partial charge in [0.05, 0.1) is 0 Å². The van der Waals surface area contributed by atoms with E-state index in [0.29, 0.717) is 18.5 Å². The maximum absolute atomic E-state index is 14.1. The van der Waals surface area contributed by atoms with E-state index >= 15 is 0 Å². The number of aliphatic hydroxyl groups excluding tert-OH is 2. The molecule has 1 heterocycles. The number of nitrogens with zero attached hydrogens (tertiary/aromatic N) is 3. The van der Waals surface area contributed by atoms with Gasteiger partial charge in [0.15, 0.2) is 0 Å².